The predicted molar refractivity (Wildman–Crippen MR) is 95.9 cm³/mol. The molecule has 2 atom stereocenters. The van der Waals surface area contributed by atoms with Crippen molar-refractivity contribution in [2.45, 2.75) is 25.7 Å². The van der Waals surface area contributed by atoms with Crippen LogP contribution >= 0.6 is 15.9 Å². The summed E-state index contributed by atoms with van der Waals surface area (Å²) in [6.45, 7) is 2.77. The molecule has 2 aromatic rings. The summed E-state index contributed by atoms with van der Waals surface area (Å²) in [5.41, 5.74) is 2.56. The van der Waals surface area contributed by atoms with Gasteiger partial charge in [0.2, 0.25) is 5.88 Å². The second-order valence-electron chi connectivity index (χ2n) is 6.09. The van der Waals surface area contributed by atoms with E-state index in [1.807, 2.05) is 6.07 Å². The molecule has 1 aliphatic carbocycles. The van der Waals surface area contributed by atoms with E-state index < -0.39 is 0 Å². The van der Waals surface area contributed by atoms with Gasteiger partial charge in [0, 0.05) is 19.0 Å². The molecule has 0 radical (unpaired) electrons. The van der Waals surface area contributed by atoms with Crippen LogP contribution in [0.1, 0.15) is 30.4 Å². The topological polar surface area (TPSA) is 53.4 Å². The Hall–Kier alpha value is -1.82. The van der Waals surface area contributed by atoms with Crippen molar-refractivity contribution in [2.24, 2.45) is 13.0 Å². The highest BCUT2D eigenvalue weighted by atomic mass is 79.9. The Morgan fingerprint density at radius 3 is 2.83 bits per heavy atom. The second-order valence-corrected chi connectivity index (χ2v) is 6.95. The average molecular weight is 393 g/mol. The fourth-order valence-corrected chi connectivity index (χ4v) is 3.45. The molecule has 0 bridgehead atoms. The van der Waals surface area contributed by atoms with Gasteiger partial charge >= 0.3 is 0 Å². The molecule has 1 saturated carbocycles. The summed E-state index contributed by atoms with van der Waals surface area (Å²) in [4.78, 5) is 11.6. The van der Waals surface area contributed by atoms with E-state index in [1.54, 1.807) is 20.2 Å². The number of halogens is 1. The largest absolute Gasteiger partial charge is 0.497 e. The lowest BCUT2D eigenvalue weighted by Crippen LogP contribution is -2.20. The SMILES string of the molecule is CCc1cc(OC)ccc1C1CC1COc1cc(Br)c(=O)n(C)n1. The zero-order chi connectivity index (χ0) is 17.3. The minimum atomic E-state index is -0.169. The molecule has 0 saturated heterocycles. The van der Waals surface area contributed by atoms with E-state index in [9.17, 15) is 4.79 Å². The number of benzene rings is 1. The molecular formula is C18H21BrN2O3. The molecule has 1 aromatic heterocycles. The summed E-state index contributed by atoms with van der Waals surface area (Å²) >= 11 is 3.24. The van der Waals surface area contributed by atoms with E-state index in [1.165, 1.54) is 15.8 Å². The van der Waals surface area contributed by atoms with Gasteiger partial charge in [-0.2, -0.15) is 0 Å². The van der Waals surface area contributed by atoms with Crippen LogP contribution in [0.4, 0.5) is 0 Å². The Morgan fingerprint density at radius 1 is 1.38 bits per heavy atom. The Bertz CT molecular complexity index is 777. The summed E-state index contributed by atoms with van der Waals surface area (Å²) in [6, 6.07) is 7.95. The summed E-state index contributed by atoms with van der Waals surface area (Å²) in [5, 5.41) is 4.12. The van der Waals surface area contributed by atoms with Crippen LogP contribution < -0.4 is 15.0 Å². The van der Waals surface area contributed by atoms with Gasteiger partial charge in [0.05, 0.1) is 18.2 Å². The van der Waals surface area contributed by atoms with Crippen LogP contribution in [0.3, 0.4) is 0 Å². The van der Waals surface area contributed by atoms with Crippen LogP contribution in [0.5, 0.6) is 11.6 Å². The smallest absolute Gasteiger partial charge is 0.281 e. The van der Waals surface area contributed by atoms with Crippen LogP contribution in [0, 0.1) is 5.92 Å². The maximum Gasteiger partial charge on any atom is 0.281 e. The molecule has 0 aliphatic heterocycles. The number of ether oxygens (including phenoxy) is 2. The predicted octanol–water partition coefficient (Wildman–Crippen LogP) is 3.30. The minimum absolute atomic E-state index is 0.169. The van der Waals surface area contributed by atoms with Gasteiger partial charge in [-0.25, -0.2) is 4.68 Å². The summed E-state index contributed by atoms with van der Waals surface area (Å²) in [6.07, 6.45) is 2.11. The first kappa shape index (κ1) is 17.0. The quantitative estimate of drug-likeness (QED) is 0.756. The zero-order valence-corrected chi connectivity index (χ0v) is 15.7. The minimum Gasteiger partial charge on any atom is -0.497 e. The van der Waals surface area contributed by atoms with Crippen LogP contribution in [0.2, 0.25) is 0 Å². The standard InChI is InChI=1S/C18H21BrN2O3/c1-4-11-7-13(23-3)5-6-14(11)15-8-12(15)10-24-17-9-16(19)18(22)21(2)20-17/h5-7,9,12,15H,4,8,10H2,1-3H3. The fourth-order valence-electron chi connectivity index (χ4n) is 3.00. The van der Waals surface area contributed by atoms with Crippen molar-refractivity contribution in [1.29, 1.82) is 0 Å². The van der Waals surface area contributed by atoms with Crippen LogP contribution in [-0.2, 0) is 13.5 Å². The molecule has 1 fully saturated rings. The monoisotopic (exact) mass is 392 g/mol. The van der Waals surface area contributed by atoms with E-state index >= 15 is 0 Å². The fraction of sp³-hybridized carbons (Fsp3) is 0.444. The van der Waals surface area contributed by atoms with E-state index in [4.69, 9.17) is 9.47 Å². The van der Waals surface area contributed by atoms with Gasteiger partial charge in [-0.1, -0.05) is 13.0 Å². The van der Waals surface area contributed by atoms with E-state index in [-0.39, 0.29) is 5.56 Å². The molecule has 1 aliphatic rings. The lowest BCUT2D eigenvalue weighted by molar-refractivity contribution is 0.277. The molecule has 0 amide bonds. The van der Waals surface area contributed by atoms with Crippen molar-refractivity contribution < 1.29 is 9.47 Å². The molecule has 6 heteroatoms. The normalized spacial score (nSPS) is 19.2. The zero-order valence-electron chi connectivity index (χ0n) is 14.1. The Balaban J connectivity index is 1.65. The Labute approximate surface area is 149 Å². The molecule has 1 heterocycles. The molecule has 3 rings (SSSR count). The van der Waals surface area contributed by atoms with Crippen LogP contribution in [0.15, 0.2) is 33.5 Å². The van der Waals surface area contributed by atoms with Gasteiger partial charge in [-0.15, -0.1) is 5.10 Å². The number of hydrogen-bond acceptors (Lipinski definition) is 4. The maximum absolute atomic E-state index is 11.6. The first-order valence-corrected chi connectivity index (χ1v) is 8.86. The molecule has 1 aromatic carbocycles. The van der Waals surface area contributed by atoms with Gasteiger partial charge < -0.3 is 9.47 Å². The lowest BCUT2D eigenvalue weighted by atomic mass is 10.00. The van der Waals surface area contributed by atoms with Gasteiger partial charge in [0.25, 0.3) is 5.56 Å². The van der Waals surface area contributed by atoms with E-state index in [0.29, 0.717) is 28.8 Å². The molecule has 0 N–H and O–H groups in total. The third-order valence-electron chi connectivity index (χ3n) is 4.50. The molecule has 24 heavy (non-hydrogen) atoms. The highest BCUT2D eigenvalue weighted by Crippen LogP contribution is 2.49. The molecular weight excluding hydrogens is 372 g/mol. The van der Waals surface area contributed by atoms with E-state index in [2.05, 4.69) is 40.1 Å². The summed E-state index contributed by atoms with van der Waals surface area (Å²) in [7, 11) is 3.31. The lowest BCUT2D eigenvalue weighted by Gasteiger charge is -2.10. The van der Waals surface area contributed by atoms with Crippen molar-refractivity contribution in [3.63, 3.8) is 0 Å². The number of aromatic nitrogens is 2. The molecule has 2 unspecified atom stereocenters. The number of rotatable bonds is 6. The first-order chi connectivity index (χ1) is 11.5. The van der Waals surface area contributed by atoms with Gasteiger partial charge in [-0.05, 0) is 57.9 Å². The number of aryl methyl sites for hydroxylation is 2. The summed E-state index contributed by atoms with van der Waals surface area (Å²) in [5.74, 6) is 2.40. The van der Waals surface area contributed by atoms with Crippen molar-refractivity contribution in [1.82, 2.24) is 9.78 Å². The first-order valence-electron chi connectivity index (χ1n) is 8.07. The average Bonchev–Trinajstić information content (AvgIpc) is 3.36. The molecule has 5 nitrogen and oxygen atoms in total. The van der Waals surface area contributed by atoms with Crippen molar-refractivity contribution >= 4 is 15.9 Å². The van der Waals surface area contributed by atoms with E-state index in [0.717, 1.165) is 18.6 Å². The summed E-state index contributed by atoms with van der Waals surface area (Å²) < 4.78 is 12.8. The molecule has 0 spiro atoms. The van der Waals surface area contributed by atoms with Crippen molar-refractivity contribution in [2.75, 3.05) is 13.7 Å². The van der Waals surface area contributed by atoms with Crippen molar-refractivity contribution in [3.8, 4) is 11.6 Å². The molecule has 128 valence electrons. The van der Waals surface area contributed by atoms with Crippen LogP contribution in [0.25, 0.3) is 0 Å². The Morgan fingerprint density at radius 2 is 2.17 bits per heavy atom. The van der Waals surface area contributed by atoms with Gasteiger partial charge in [0.15, 0.2) is 0 Å². The number of nitrogens with zero attached hydrogens (tertiary/aromatic N) is 2. The third-order valence-corrected chi connectivity index (χ3v) is 5.06. The van der Waals surface area contributed by atoms with Gasteiger partial charge in [0.1, 0.15) is 5.75 Å². The maximum atomic E-state index is 11.6. The number of hydrogen-bond donors (Lipinski definition) is 0. The highest BCUT2D eigenvalue weighted by molar-refractivity contribution is 9.10. The van der Waals surface area contributed by atoms with Crippen molar-refractivity contribution in [3.05, 3.63) is 50.2 Å². The third kappa shape index (κ3) is 3.48. The second kappa shape index (κ2) is 6.97. The Kier molecular flexibility index (Phi) is 4.94. The van der Waals surface area contributed by atoms with Gasteiger partial charge in [-0.3, -0.25) is 4.79 Å². The number of methoxy groups -OCH3 is 1. The highest BCUT2D eigenvalue weighted by Gasteiger charge is 2.40. The van der Waals surface area contributed by atoms with Crippen LogP contribution in [-0.4, -0.2) is 23.5 Å².